The van der Waals surface area contributed by atoms with Gasteiger partial charge in [-0.1, -0.05) is 38.8 Å². The third kappa shape index (κ3) is 6.29. The standard InChI is InChI=1S/C19H28N4O2S/c1-12-5-4-6-17(13(12)2)21-19(26)23-22-18(25)11-15-7-9-16(10-8-15)20-14(3)24/h7-10,12-13,17H,4-6,11H2,1-3H3,(H,20,24)(H,22,25)(H2,21,23,26)/t12-,13-,17-/m1/s1. The molecule has 0 saturated heterocycles. The minimum Gasteiger partial charge on any atom is -0.358 e. The molecule has 3 atom stereocenters. The summed E-state index contributed by atoms with van der Waals surface area (Å²) in [5, 5.41) is 6.45. The van der Waals surface area contributed by atoms with Gasteiger partial charge in [0.15, 0.2) is 5.11 Å². The first-order chi connectivity index (χ1) is 12.3. The highest BCUT2D eigenvalue weighted by atomic mass is 32.1. The van der Waals surface area contributed by atoms with Crippen LogP contribution in [-0.4, -0.2) is 23.0 Å². The quantitative estimate of drug-likeness (QED) is 0.479. The van der Waals surface area contributed by atoms with Crippen molar-refractivity contribution in [2.45, 2.75) is 52.5 Å². The number of anilines is 1. The Hall–Kier alpha value is -2.15. The molecular weight excluding hydrogens is 348 g/mol. The molecule has 0 aliphatic heterocycles. The summed E-state index contributed by atoms with van der Waals surface area (Å²) in [7, 11) is 0. The molecule has 0 aromatic heterocycles. The maximum Gasteiger partial charge on any atom is 0.242 e. The molecular formula is C19H28N4O2S. The summed E-state index contributed by atoms with van der Waals surface area (Å²) >= 11 is 5.29. The van der Waals surface area contributed by atoms with Crippen LogP contribution < -0.4 is 21.5 Å². The Labute approximate surface area is 160 Å². The Morgan fingerprint density at radius 2 is 1.81 bits per heavy atom. The van der Waals surface area contributed by atoms with Gasteiger partial charge in [0.25, 0.3) is 0 Å². The number of thiocarbonyl (C=S) groups is 1. The van der Waals surface area contributed by atoms with Crippen molar-refractivity contribution in [3.63, 3.8) is 0 Å². The zero-order chi connectivity index (χ0) is 19.1. The predicted molar refractivity (Wildman–Crippen MR) is 107 cm³/mol. The van der Waals surface area contributed by atoms with Crippen LogP contribution in [0.25, 0.3) is 0 Å². The largest absolute Gasteiger partial charge is 0.358 e. The highest BCUT2D eigenvalue weighted by Gasteiger charge is 2.27. The first-order valence-corrected chi connectivity index (χ1v) is 9.48. The van der Waals surface area contributed by atoms with E-state index in [0.29, 0.717) is 28.7 Å². The molecule has 0 radical (unpaired) electrons. The zero-order valence-corrected chi connectivity index (χ0v) is 16.4. The Kier molecular flexibility index (Phi) is 7.38. The van der Waals surface area contributed by atoms with E-state index in [1.807, 2.05) is 12.1 Å². The molecule has 6 nitrogen and oxygen atoms in total. The van der Waals surface area contributed by atoms with Crippen LogP contribution in [0.4, 0.5) is 5.69 Å². The maximum atomic E-state index is 12.1. The zero-order valence-electron chi connectivity index (χ0n) is 15.6. The minimum absolute atomic E-state index is 0.123. The number of hydrogen-bond donors (Lipinski definition) is 4. The summed E-state index contributed by atoms with van der Waals surface area (Å²) in [6, 6.07) is 7.51. The SMILES string of the molecule is CC(=O)Nc1ccc(CC(=O)NNC(=S)N[C@@H]2CCC[C@@H](C)[C@H]2C)cc1. The number of hydrogen-bond acceptors (Lipinski definition) is 3. The summed E-state index contributed by atoms with van der Waals surface area (Å²) in [5.41, 5.74) is 6.98. The van der Waals surface area contributed by atoms with Crippen LogP contribution in [0.3, 0.4) is 0 Å². The second-order valence-corrected chi connectivity index (χ2v) is 7.48. The van der Waals surface area contributed by atoms with Gasteiger partial charge in [0.1, 0.15) is 0 Å². The molecule has 2 amide bonds. The van der Waals surface area contributed by atoms with Gasteiger partial charge in [0.2, 0.25) is 11.8 Å². The molecule has 1 saturated carbocycles. The molecule has 26 heavy (non-hydrogen) atoms. The first kappa shape index (κ1) is 20.2. The first-order valence-electron chi connectivity index (χ1n) is 9.07. The van der Waals surface area contributed by atoms with Gasteiger partial charge in [-0.3, -0.25) is 20.4 Å². The van der Waals surface area contributed by atoms with Crippen LogP contribution >= 0.6 is 12.2 Å². The smallest absolute Gasteiger partial charge is 0.242 e. The lowest BCUT2D eigenvalue weighted by atomic mass is 9.78. The third-order valence-electron chi connectivity index (χ3n) is 4.98. The van der Waals surface area contributed by atoms with Crippen molar-refractivity contribution in [2.75, 3.05) is 5.32 Å². The molecule has 2 rings (SSSR count). The van der Waals surface area contributed by atoms with Crippen molar-refractivity contribution >= 4 is 34.8 Å². The number of carbonyl (C=O) groups excluding carboxylic acids is 2. The fourth-order valence-electron chi connectivity index (χ4n) is 3.26. The van der Waals surface area contributed by atoms with Gasteiger partial charge in [-0.2, -0.15) is 0 Å². The molecule has 142 valence electrons. The average Bonchev–Trinajstić information content (AvgIpc) is 2.58. The predicted octanol–water partition coefficient (Wildman–Crippen LogP) is 2.51. The number of nitrogens with one attached hydrogen (secondary N) is 4. The molecule has 1 aliphatic carbocycles. The average molecular weight is 377 g/mol. The topological polar surface area (TPSA) is 82.3 Å². The number of hydrazine groups is 1. The lowest BCUT2D eigenvalue weighted by Crippen LogP contribution is -2.52. The molecule has 1 aliphatic rings. The van der Waals surface area contributed by atoms with E-state index in [1.165, 1.54) is 19.8 Å². The lowest BCUT2D eigenvalue weighted by Gasteiger charge is -2.35. The number of benzene rings is 1. The molecule has 1 aromatic rings. The maximum absolute atomic E-state index is 12.1. The van der Waals surface area contributed by atoms with E-state index in [-0.39, 0.29) is 18.2 Å². The molecule has 7 heteroatoms. The summed E-state index contributed by atoms with van der Waals surface area (Å²) in [6.07, 6.45) is 3.79. The van der Waals surface area contributed by atoms with E-state index in [4.69, 9.17) is 12.2 Å². The highest BCUT2D eigenvalue weighted by Crippen LogP contribution is 2.29. The van der Waals surface area contributed by atoms with Gasteiger partial charge in [-0.25, -0.2) is 0 Å². The van der Waals surface area contributed by atoms with Gasteiger partial charge in [0, 0.05) is 18.7 Å². The second-order valence-electron chi connectivity index (χ2n) is 7.08. The summed E-state index contributed by atoms with van der Waals surface area (Å²) in [4.78, 5) is 23.1. The molecule has 0 unspecified atom stereocenters. The fraction of sp³-hybridized carbons (Fsp3) is 0.526. The van der Waals surface area contributed by atoms with Gasteiger partial charge in [0.05, 0.1) is 6.42 Å². The molecule has 4 N–H and O–H groups in total. The van der Waals surface area contributed by atoms with Gasteiger partial charge >= 0.3 is 0 Å². The molecule has 1 fully saturated rings. The van der Waals surface area contributed by atoms with Crippen molar-refractivity contribution in [3.8, 4) is 0 Å². The Bertz CT molecular complexity index is 647. The van der Waals surface area contributed by atoms with E-state index in [1.54, 1.807) is 12.1 Å². The van der Waals surface area contributed by atoms with E-state index in [9.17, 15) is 9.59 Å². The van der Waals surface area contributed by atoms with Gasteiger partial charge < -0.3 is 10.6 Å². The Balaban J connectivity index is 1.74. The van der Waals surface area contributed by atoms with Crippen LogP contribution in [-0.2, 0) is 16.0 Å². The minimum atomic E-state index is -0.175. The van der Waals surface area contributed by atoms with Crippen molar-refractivity contribution in [1.82, 2.24) is 16.2 Å². The van der Waals surface area contributed by atoms with E-state index in [0.717, 1.165) is 12.0 Å². The fourth-order valence-corrected chi connectivity index (χ4v) is 3.46. The molecule has 1 aromatic carbocycles. The summed E-state index contributed by atoms with van der Waals surface area (Å²) in [5.74, 6) is 0.939. The Morgan fingerprint density at radius 1 is 1.12 bits per heavy atom. The van der Waals surface area contributed by atoms with Crippen LogP contribution in [0.15, 0.2) is 24.3 Å². The van der Waals surface area contributed by atoms with E-state index < -0.39 is 0 Å². The molecule has 0 bridgehead atoms. The number of carbonyl (C=O) groups is 2. The number of amides is 2. The second kappa shape index (κ2) is 9.52. The Morgan fingerprint density at radius 3 is 2.46 bits per heavy atom. The summed E-state index contributed by atoms with van der Waals surface area (Å²) in [6.45, 7) is 5.97. The molecule has 0 heterocycles. The number of rotatable bonds is 4. The summed E-state index contributed by atoms with van der Waals surface area (Å²) < 4.78 is 0. The van der Waals surface area contributed by atoms with E-state index in [2.05, 4.69) is 35.3 Å². The van der Waals surface area contributed by atoms with Gasteiger partial charge in [-0.05, 0) is 48.2 Å². The lowest BCUT2D eigenvalue weighted by molar-refractivity contribution is -0.121. The van der Waals surface area contributed by atoms with Crippen molar-refractivity contribution in [2.24, 2.45) is 11.8 Å². The van der Waals surface area contributed by atoms with Crippen molar-refractivity contribution in [3.05, 3.63) is 29.8 Å². The van der Waals surface area contributed by atoms with Crippen molar-refractivity contribution in [1.29, 1.82) is 0 Å². The van der Waals surface area contributed by atoms with Crippen LogP contribution in [0.1, 0.15) is 45.6 Å². The van der Waals surface area contributed by atoms with E-state index >= 15 is 0 Å². The highest BCUT2D eigenvalue weighted by molar-refractivity contribution is 7.80. The third-order valence-corrected chi connectivity index (χ3v) is 5.20. The normalized spacial score (nSPS) is 22.2. The van der Waals surface area contributed by atoms with Crippen molar-refractivity contribution < 1.29 is 9.59 Å². The van der Waals surface area contributed by atoms with Crippen LogP contribution in [0, 0.1) is 11.8 Å². The monoisotopic (exact) mass is 376 g/mol. The van der Waals surface area contributed by atoms with Crippen LogP contribution in [0.5, 0.6) is 0 Å². The van der Waals surface area contributed by atoms with Gasteiger partial charge in [-0.15, -0.1) is 0 Å². The van der Waals surface area contributed by atoms with Crippen LogP contribution in [0.2, 0.25) is 0 Å². The molecule has 0 spiro atoms.